The number of ether oxygens (including phenoxy) is 2. The van der Waals surface area contributed by atoms with Gasteiger partial charge in [-0.1, -0.05) is 0 Å². The predicted molar refractivity (Wildman–Crippen MR) is 76.3 cm³/mol. The van der Waals surface area contributed by atoms with Crippen LogP contribution >= 0.6 is 11.3 Å². The van der Waals surface area contributed by atoms with E-state index in [4.69, 9.17) is 9.47 Å². The van der Waals surface area contributed by atoms with Gasteiger partial charge in [-0.2, -0.15) is 0 Å². The highest BCUT2D eigenvalue weighted by Crippen LogP contribution is 2.34. The zero-order chi connectivity index (χ0) is 13.2. The first-order valence-corrected chi connectivity index (χ1v) is 7.18. The Balaban J connectivity index is 1.78. The molecular formula is C14H16N2O2S. The first-order valence-electron chi connectivity index (χ1n) is 6.30. The molecule has 0 fully saturated rings. The molecule has 2 heterocycles. The van der Waals surface area contributed by atoms with E-state index in [1.165, 1.54) is 4.88 Å². The Labute approximate surface area is 116 Å². The fourth-order valence-electron chi connectivity index (χ4n) is 2.18. The Kier molecular flexibility index (Phi) is 3.29. The highest BCUT2D eigenvalue weighted by Gasteiger charge is 2.14. The molecule has 100 valence electrons. The summed E-state index contributed by atoms with van der Waals surface area (Å²) in [6.45, 7) is 5.40. The second-order valence-corrected chi connectivity index (χ2v) is 5.41. The van der Waals surface area contributed by atoms with Crippen LogP contribution < -0.4 is 14.8 Å². The topological polar surface area (TPSA) is 43.4 Å². The van der Waals surface area contributed by atoms with Gasteiger partial charge in [-0.3, -0.25) is 0 Å². The van der Waals surface area contributed by atoms with Crippen LogP contribution in [0.3, 0.4) is 0 Å². The molecule has 1 aromatic heterocycles. The molecule has 1 atom stereocenters. The van der Waals surface area contributed by atoms with Gasteiger partial charge in [-0.25, -0.2) is 4.98 Å². The van der Waals surface area contributed by atoms with Crippen molar-refractivity contribution in [1.82, 2.24) is 4.98 Å². The number of benzene rings is 1. The fraction of sp³-hybridized carbons (Fsp3) is 0.357. The normalized spacial score (nSPS) is 15.1. The Morgan fingerprint density at radius 3 is 2.79 bits per heavy atom. The van der Waals surface area contributed by atoms with Crippen molar-refractivity contribution < 1.29 is 9.47 Å². The standard InChI is InChI=1S/C14H16N2O2S/c1-9-14(19-8-15-9)10(2)16-11-3-4-12-13(7-11)18-6-5-17-12/h3-4,7-8,10,16H,5-6H2,1-2H3. The molecule has 2 aromatic rings. The number of hydrogen-bond acceptors (Lipinski definition) is 5. The number of nitrogens with zero attached hydrogens (tertiary/aromatic N) is 1. The molecule has 0 saturated heterocycles. The molecule has 0 bridgehead atoms. The first kappa shape index (κ1) is 12.3. The summed E-state index contributed by atoms with van der Waals surface area (Å²) in [5.74, 6) is 1.63. The lowest BCUT2D eigenvalue weighted by atomic mass is 10.2. The SMILES string of the molecule is Cc1ncsc1C(C)Nc1ccc2c(c1)OCCO2. The third kappa shape index (κ3) is 2.51. The summed E-state index contributed by atoms with van der Waals surface area (Å²) in [6.07, 6.45) is 0. The van der Waals surface area contributed by atoms with E-state index >= 15 is 0 Å². The smallest absolute Gasteiger partial charge is 0.163 e. The number of aryl methyl sites for hydroxylation is 1. The molecule has 4 nitrogen and oxygen atoms in total. The van der Waals surface area contributed by atoms with Crippen LogP contribution in [0.4, 0.5) is 5.69 Å². The van der Waals surface area contributed by atoms with Crippen LogP contribution in [0, 0.1) is 6.92 Å². The molecule has 3 rings (SSSR count). The Morgan fingerprint density at radius 1 is 1.26 bits per heavy atom. The van der Waals surface area contributed by atoms with Gasteiger partial charge < -0.3 is 14.8 Å². The highest BCUT2D eigenvalue weighted by molar-refractivity contribution is 7.09. The summed E-state index contributed by atoms with van der Waals surface area (Å²) >= 11 is 1.68. The number of anilines is 1. The lowest BCUT2D eigenvalue weighted by molar-refractivity contribution is 0.171. The number of hydrogen-bond donors (Lipinski definition) is 1. The van der Waals surface area contributed by atoms with Gasteiger partial charge in [-0.15, -0.1) is 11.3 Å². The van der Waals surface area contributed by atoms with Crippen molar-refractivity contribution in [3.63, 3.8) is 0 Å². The highest BCUT2D eigenvalue weighted by atomic mass is 32.1. The number of thiazole rings is 1. The summed E-state index contributed by atoms with van der Waals surface area (Å²) in [4.78, 5) is 5.54. The quantitative estimate of drug-likeness (QED) is 0.933. The van der Waals surface area contributed by atoms with E-state index in [2.05, 4.69) is 17.2 Å². The van der Waals surface area contributed by atoms with E-state index in [9.17, 15) is 0 Å². The fourth-order valence-corrected chi connectivity index (χ4v) is 2.99. The second kappa shape index (κ2) is 5.09. The maximum absolute atomic E-state index is 5.59. The van der Waals surface area contributed by atoms with Crippen molar-refractivity contribution in [2.45, 2.75) is 19.9 Å². The summed E-state index contributed by atoms with van der Waals surface area (Å²) in [7, 11) is 0. The van der Waals surface area contributed by atoms with Crippen LogP contribution in [-0.2, 0) is 0 Å². The molecule has 0 radical (unpaired) electrons. The molecule has 1 aliphatic heterocycles. The number of nitrogens with one attached hydrogen (secondary N) is 1. The maximum atomic E-state index is 5.59. The molecule has 1 N–H and O–H groups in total. The molecule has 1 aromatic carbocycles. The molecule has 0 spiro atoms. The van der Waals surface area contributed by atoms with E-state index in [0.717, 1.165) is 22.9 Å². The maximum Gasteiger partial charge on any atom is 0.163 e. The summed E-state index contributed by atoms with van der Waals surface area (Å²) in [6, 6.07) is 6.18. The number of fused-ring (bicyclic) bond motifs is 1. The van der Waals surface area contributed by atoms with Crippen LogP contribution in [0.1, 0.15) is 23.5 Å². The van der Waals surface area contributed by atoms with Gasteiger partial charge in [-0.05, 0) is 26.0 Å². The summed E-state index contributed by atoms with van der Waals surface area (Å²) in [5, 5.41) is 3.47. The van der Waals surface area contributed by atoms with Crippen LogP contribution in [0.2, 0.25) is 0 Å². The van der Waals surface area contributed by atoms with E-state index in [-0.39, 0.29) is 6.04 Å². The zero-order valence-electron chi connectivity index (χ0n) is 11.0. The summed E-state index contributed by atoms with van der Waals surface area (Å²) < 4.78 is 11.1. The van der Waals surface area contributed by atoms with Gasteiger partial charge >= 0.3 is 0 Å². The van der Waals surface area contributed by atoms with Crippen molar-refractivity contribution in [2.24, 2.45) is 0 Å². The van der Waals surface area contributed by atoms with Crippen molar-refractivity contribution in [3.8, 4) is 11.5 Å². The molecule has 0 aliphatic carbocycles. The lowest BCUT2D eigenvalue weighted by Crippen LogP contribution is -2.15. The van der Waals surface area contributed by atoms with Crippen LogP contribution in [0.15, 0.2) is 23.7 Å². The molecule has 1 unspecified atom stereocenters. The minimum absolute atomic E-state index is 0.232. The number of rotatable bonds is 3. The molecule has 5 heteroatoms. The Bertz CT molecular complexity index is 583. The van der Waals surface area contributed by atoms with Crippen molar-refractivity contribution in [3.05, 3.63) is 34.3 Å². The zero-order valence-corrected chi connectivity index (χ0v) is 11.8. The third-order valence-electron chi connectivity index (χ3n) is 3.10. The Hall–Kier alpha value is -1.75. The average Bonchev–Trinajstić information content (AvgIpc) is 2.85. The molecule has 1 aliphatic rings. The average molecular weight is 276 g/mol. The number of aromatic nitrogens is 1. The van der Waals surface area contributed by atoms with Gasteiger partial charge in [0, 0.05) is 16.6 Å². The van der Waals surface area contributed by atoms with Crippen molar-refractivity contribution in [2.75, 3.05) is 18.5 Å². The second-order valence-electron chi connectivity index (χ2n) is 4.53. The van der Waals surface area contributed by atoms with Gasteiger partial charge in [0.25, 0.3) is 0 Å². The minimum atomic E-state index is 0.232. The molecular weight excluding hydrogens is 260 g/mol. The summed E-state index contributed by atoms with van der Waals surface area (Å²) in [5.41, 5.74) is 4.00. The monoisotopic (exact) mass is 276 g/mol. The van der Waals surface area contributed by atoms with Crippen LogP contribution in [0.25, 0.3) is 0 Å². The van der Waals surface area contributed by atoms with E-state index in [0.29, 0.717) is 13.2 Å². The first-order chi connectivity index (χ1) is 9.24. The van der Waals surface area contributed by atoms with Gasteiger partial charge in [0.1, 0.15) is 13.2 Å². The van der Waals surface area contributed by atoms with Crippen LogP contribution in [-0.4, -0.2) is 18.2 Å². The molecule has 0 amide bonds. The molecule has 19 heavy (non-hydrogen) atoms. The van der Waals surface area contributed by atoms with Gasteiger partial charge in [0.15, 0.2) is 11.5 Å². The lowest BCUT2D eigenvalue weighted by Gasteiger charge is -2.20. The van der Waals surface area contributed by atoms with Crippen molar-refractivity contribution in [1.29, 1.82) is 0 Å². The Morgan fingerprint density at radius 2 is 2.05 bits per heavy atom. The predicted octanol–water partition coefficient (Wildman–Crippen LogP) is 3.40. The van der Waals surface area contributed by atoms with E-state index in [1.807, 2.05) is 30.6 Å². The van der Waals surface area contributed by atoms with E-state index in [1.54, 1.807) is 11.3 Å². The minimum Gasteiger partial charge on any atom is -0.486 e. The van der Waals surface area contributed by atoms with Crippen molar-refractivity contribution >= 4 is 17.0 Å². The van der Waals surface area contributed by atoms with Gasteiger partial charge in [0.05, 0.1) is 17.2 Å². The third-order valence-corrected chi connectivity index (χ3v) is 4.21. The van der Waals surface area contributed by atoms with Gasteiger partial charge in [0.2, 0.25) is 0 Å². The van der Waals surface area contributed by atoms with Crippen LogP contribution in [0.5, 0.6) is 11.5 Å². The molecule has 0 saturated carbocycles. The largest absolute Gasteiger partial charge is 0.486 e. The van der Waals surface area contributed by atoms with E-state index < -0.39 is 0 Å².